The van der Waals surface area contributed by atoms with E-state index in [2.05, 4.69) is 181 Å². The third-order valence-electron chi connectivity index (χ3n) is 10.9. The van der Waals surface area contributed by atoms with Crippen molar-refractivity contribution in [3.63, 3.8) is 0 Å². The molecule has 1 aliphatic carbocycles. The van der Waals surface area contributed by atoms with Gasteiger partial charge in [0.15, 0.2) is 0 Å². The van der Waals surface area contributed by atoms with Crippen molar-refractivity contribution in [2.75, 3.05) is 0 Å². The van der Waals surface area contributed by atoms with Gasteiger partial charge in [-0.25, -0.2) is 4.98 Å². The Morgan fingerprint density at radius 2 is 0.906 bits per heavy atom. The average molecular weight is 675 g/mol. The molecule has 0 unspecified atom stereocenters. The first-order valence-corrected chi connectivity index (χ1v) is 18.2. The van der Waals surface area contributed by atoms with Gasteiger partial charge in [-0.2, -0.15) is 0 Å². The number of benzene rings is 7. The summed E-state index contributed by atoms with van der Waals surface area (Å²) in [7, 11) is 0. The van der Waals surface area contributed by atoms with Crippen LogP contribution in [-0.4, -0.2) is 9.97 Å². The number of nitrogens with zero attached hydrogens (tertiary/aromatic N) is 2. The van der Waals surface area contributed by atoms with E-state index in [4.69, 9.17) is 4.98 Å². The highest BCUT2D eigenvalue weighted by Crippen LogP contribution is 2.58. The fraction of sp³-hybridized carbons (Fsp3) is 0.0196. The van der Waals surface area contributed by atoms with Gasteiger partial charge in [0.1, 0.15) is 0 Å². The van der Waals surface area contributed by atoms with Crippen LogP contribution in [0.2, 0.25) is 0 Å². The molecular weight excluding hydrogens is 641 g/mol. The quantitative estimate of drug-likeness (QED) is 0.175. The molecule has 2 heteroatoms. The first-order chi connectivity index (χ1) is 26.3. The van der Waals surface area contributed by atoms with Gasteiger partial charge in [0.2, 0.25) is 0 Å². The molecule has 0 spiro atoms. The van der Waals surface area contributed by atoms with Gasteiger partial charge in [-0.05, 0) is 91.0 Å². The van der Waals surface area contributed by atoms with E-state index in [-0.39, 0.29) is 0 Å². The van der Waals surface area contributed by atoms with Crippen LogP contribution in [0.1, 0.15) is 22.3 Å². The molecule has 0 saturated heterocycles. The van der Waals surface area contributed by atoms with E-state index < -0.39 is 5.41 Å². The molecule has 53 heavy (non-hydrogen) atoms. The second-order valence-electron chi connectivity index (χ2n) is 13.7. The summed E-state index contributed by atoms with van der Waals surface area (Å²) in [5.74, 6) is 0. The lowest BCUT2D eigenvalue weighted by Crippen LogP contribution is -2.28. The van der Waals surface area contributed by atoms with E-state index >= 15 is 0 Å². The number of hydrogen-bond donors (Lipinski definition) is 0. The SMILES string of the molecule is c1ccc(C2(c3ccccc3)c3ccccc3-c3c(-c4ccc(-c5ccc(-c6cc(-c7ccccn7)nc7ccccc67)cc5)cc4)cccc32)cc1. The molecule has 10 rings (SSSR count). The maximum atomic E-state index is 4.94. The molecule has 2 aromatic heterocycles. The van der Waals surface area contributed by atoms with Crippen LogP contribution in [0.25, 0.3) is 66.8 Å². The van der Waals surface area contributed by atoms with Crippen molar-refractivity contribution >= 4 is 10.9 Å². The zero-order valence-corrected chi connectivity index (χ0v) is 29.0. The molecule has 1 aliphatic rings. The van der Waals surface area contributed by atoms with Crippen LogP contribution >= 0.6 is 0 Å². The van der Waals surface area contributed by atoms with Gasteiger partial charge >= 0.3 is 0 Å². The summed E-state index contributed by atoms with van der Waals surface area (Å²) >= 11 is 0. The number of aromatic nitrogens is 2. The summed E-state index contributed by atoms with van der Waals surface area (Å²) < 4.78 is 0. The predicted octanol–water partition coefficient (Wildman–Crippen LogP) is 12.7. The van der Waals surface area contributed by atoms with Crippen LogP contribution in [0.5, 0.6) is 0 Å². The van der Waals surface area contributed by atoms with Crippen molar-refractivity contribution in [1.82, 2.24) is 9.97 Å². The van der Waals surface area contributed by atoms with Gasteiger partial charge in [-0.3, -0.25) is 4.98 Å². The Morgan fingerprint density at radius 3 is 1.58 bits per heavy atom. The first kappa shape index (κ1) is 30.9. The zero-order chi connectivity index (χ0) is 35.2. The van der Waals surface area contributed by atoms with E-state index in [1.807, 2.05) is 30.5 Å². The van der Waals surface area contributed by atoms with Crippen molar-refractivity contribution in [3.05, 3.63) is 229 Å². The maximum Gasteiger partial charge on any atom is 0.0900 e. The molecule has 0 saturated carbocycles. The van der Waals surface area contributed by atoms with Crippen molar-refractivity contribution in [2.24, 2.45) is 0 Å². The Morgan fingerprint density at radius 1 is 0.358 bits per heavy atom. The Bertz CT molecular complexity index is 2700. The lowest BCUT2D eigenvalue weighted by molar-refractivity contribution is 0.768. The minimum Gasteiger partial charge on any atom is -0.255 e. The summed E-state index contributed by atoms with van der Waals surface area (Å²) in [5, 5.41) is 1.13. The molecule has 7 aromatic carbocycles. The first-order valence-electron chi connectivity index (χ1n) is 18.2. The molecule has 0 amide bonds. The van der Waals surface area contributed by atoms with Gasteiger partial charge in [0, 0.05) is 11.6 Å². The second-order valence-corrected chi connectivity index (χ2v) is 13.7. The monoisotopic (exact) mass is 674 g/mol. The lowest BCUT2D eigenvalue weighted by atomic mass is 9.67. The number of pyridine rings is 2. The standard InChI is InChI=1S/C51H34N2/c1-3-14-39(15-4-1)51(40-16-5-2-6-17-40)45-21-9-7-19-43(45)50-41(20-13-22-46(50)51)37-29-25-35(26-30-37)36-27-31-38(32-28-36)44-34-49(48-24-11-12-33-52-48)53-47-23-10-8-18-42(44)47/h1-34H. The maximum absolute atomic E-state index is 4.94. The van der Waals surface area contributed by atoms with Crippen LogP contribution < -0.4 is 0 Å². The highest BCUT2D eigenvalue weighted by atomic mass is 14.8. The number of hydrogen-bond acceptors (Lipinski definition) is 2. The van der Waals surface area contributed by atoms with Gasteiger partial charge in [0.25, 0.3) is 0 Å². The third-order valence-corrected chi connectivity index (χ3v) is 10.9. The molecule has 2 nitrogen and oxygen atoms in total. The van der Waals surface area contributed by atoms with Crippen molar-refractivity contribution < 1.29 is 0 Å². The molecule has 0 radical (unpaired) electrons. The van der Waals surface area contributed by atoms with Gasteiger partial charge in [0.05, 0.1) is 22.3 Å². The summed E-state index contributed by atoms with van der Waals surface area (Å²) in [6.45, 7) is 0. The molecule has 0 fully saturated rings. The summed E-state index contributed by atoms with van der Waals surface area (Å²) in [4.78, 5) is 9.52. The van der Waals surface area contributed by atoms with E-state index in [9.17, 15) is 0 Å². The number of rotatable bonds is 6. The van der Waals surface area contributed by atoms with Crippen LogP contribution in [0.3, 0.4) is 0 Å². The Hall–Kier alpha value is -6.90. The Balaban J connectivity index is 1.04. The second kappa shape index (κ2) is 12.7. The molecule has 9 aromatic rings. The van der Waals surface area contributed by atoms with Crippen molar-refractivity contribution in [3.8, 4) is 55.9 Å². The smallest absolute Gasteiger partial charge is 0.0900 e. The summed E-state index contributed by atoms with van der Waals surface area (Å²) in [6.07, 6.45) is 1.82. The average Bonchev–Trinajstić information content (AvgIpc) is 3.56. The van der Waals surface area contributed by atoms with Crippen LogP contribution in [-0.2, 0) is 5.41 Å². The molecule has 0 N–H and O–H groups in total. The van der Waals surface area contributed by atoms with E-state index in [0.29, 0.717) is 0 Å². The predicted molar refractivity (Wildman–Crippen MR) is 219 cm³/mol. The summed E-state index contributed by atoms with van der Waals surface area (Å²) in [5.41, 5.74) is 17.2. The fourth-order valence-electron chi connectivity index (χ4n) is 8.48. The summed E-state index contributed by atoms with van der Waals surface area (Å²) in [6, 6.07) is 72.2. The highest BCUT2D eigenvalue weighted by molar-refractivity contribution is 5.98. The van der Waals surface area contributed by atoms with E-state index in [1.54, 1.807) is 0 Å². The normalized spacial score (nSPS) is 12.7. The molecule has 248 valence electrons. The number of fused-ring (bicyclic) bond motifs is 4. The Kier molecular flexibility index (Phi) is 7.40. The molecule has 2 heterocycles. The van der Waals surface area contributed by atoms with Gasteiger partial charge < -0.3 is 0 Å². The highest BCUT2D eigenvalue weighted by Gasteiger charge is 2.46. The van der Waals surface area contributed by atoms with E-state index in [1.165, 1.54) is 55.6 Å². The van der Waals surface area contributed by atoms with Crippen molar-refractivity contribution in [1.29, 1.82) is 0 Å². The van der Waals surface area contributed by atoms with Crippen LogP contribution in [0.4, 0.5) is 0 Å². The minimum absolute atomic E-state index is 0.412. The minimum atomic E-state index is -0.412. The lowest BCUT2D eigenvalue weighted by Gasteiger charge is -2.34. The Labute approximate surface area is 309 Å². The topological polar surface area (TPSA) is 25.8 Å². The molecule has 0 aliphatic heterocycles. The zero-order valence-electron chi connectivity index (χ0n) is 29.0. The number of para-hydroxylation sites is 1. The molecule has 0 atom stereocenters. The molecule has 0 bridgehead atoms. The van der Waals surface area contributed by atoms with Gasteiger partial charge in [-0.1, -0.05) is 176 Å². The fourth-order valence-corrected chi connectivity index (χ4v) is 8.48. The van der Waals surface area contributed by atoms with Crippen LogP contribution in [0.15, 0.2) is 206 Å². The third kappa shape index (κ3) is 5.03. The largest absolute Gasteiger partial charge is 0.255 e. The van der Waals surface area contributed by atoms with Gasteiger partial charge in [-0.15, -0.1) is 0 Å². The van der Waals surface area contributed by atoms with E-state index in [0.717, 1.165) is 33.4 Å². The molecular formula is C51H34N2. The van der Waals surface area contributed by atoms with Crippen molar-refractivity contribution in [2.45, 2.75) is 5.41 Å². The van der Waals surface area contributed by atoms with Crippen LogP contribution in [0, 0.1) is 0 Å².